The molecule has 5 aromatic rings. The van der Waals surface area contributed by atoms with Gasteiger partial charge in [-0.1, -0.05) is 54.6 Å². The lowest BCUT2D eigenvalue weighted by molar-refractivity contribution is -0.137. The lowest BCUT2D eigenvalue weighted by Gasteiger charge is -2.24. The van der Waals surface area contributed by atoms with Gasteiger partial charge in [0.1, 0.15) is 18.8 Å². The number of likely N-dealkylation sites (tertiary alicyclic amines) is 1. The van der Waals surface area contributed by atoms with Gasteiger partial charge in [0.15, 0.2) is 17.4 Å². The number of ketones is 1. The molecule has 238 valence electrons. The van der Waals surface area contributed by atoms with Crippen LogP contribution < -0.4 is 11.1 Å². The van der Waals surface area contributed by atoms with E-state index in [2.05, 4.69) is 21.9 Å². The van der Waals surface area contributed by atoms with Gasteiger partial charge in [-0.25, -0.2) is 18.7 Å². The van der Waals surface area contributed by atoms with E-state index in [9.17, 15) is 18.8 Å². The summed E-state index contributed by atoms with van der Waals surface area (Å²) in [4.78, 5) is 49.2. The third-order valence-electron chi connectivity index (χ3n) is 8.13. The Hall–Kier alpha value is -5.42. The van der Waals surface area contributed by atoms with Gasteiger partial charge in [-0.3, -0.25) is 14.4 Å². The molecular weight excluding hydrogens is 626 g/mol. The van der Waals surface area contributed by atoms with E-state index >= 15 is 4.39 Å². The highest BCUT2D eigenvalue weighted by atomic mass is 35.5. The molecule has 9 nitrogen and oxygen atoms in total. The highest BCUT2D eigenvalue weighted by molar-refractivity contribution is 6.33. The van der Waals surface area contributed by atoms with Crippen LogP contribution in [0.3, 0.4) is 0 Å². The fourth-order valence-electron chi connectivity index (χ4n) is 5.81. The second-order valence-electron chi connectivity index (χ2n) is 11.3. The Morgan fingerprint density at radius 2 is 1.77 bits per heavy atom. The van der Waals surface area contributed by atoms with E-state index in [1.165, 1.54) is 19.1 Å². The molecule has 0 aliphatic carbocycles. The number of rotatable bonds is 8. The molecule has 2 aromatic heterocycles. The van der Waals surface area contributed by atoms with E-state index in [1.807, 2.05) is 0 Å². The fourth-order valence-corrected chi connectivity index (χ4v) is 6.05. The Balaban J connectivity index is 1.24. The SMILES string of the molecule is C=C(N)c1ncc(-c2ccc3c(c2)c(C(C)=O)cn3CC(=O)N2C[C@H](F)C[C@H]2C(=O)Nc2cccc(-c3ccccc3Cl)c2F)cn1. The number of nitrogens with two attached hydrogens (primary N) is 1. The molecule has 2 atom stereocenters. The highest BCUT2D eigenvalue weighted by Crippen LogP contribution is 2.34. The number of aromatic nitrogens is 3. The lowest BCUT2D eigenvalue weighted by atomic mass is 10.0. The van der Waals surface area contributed by atoms with Crippen LogP contribution in [-0.2, 0) is 16.1 Å². The van der Waals surface area contributed by atoms with E-state index < -0.39 is 29.8 Å². The van der Waals surface area contributed by atoms with Crippen molar-refractivity contribution < 1.29 is 23.2 Å². The zero-order valence-electron chi connectivity index (χ0n) is 25.2. The van der Waals surface area contributed by atoms with Crippen LogP contribution in [0.25, 0.3) is 38.9 Å². The number of nitrogens with one attached hydrogen (secondary N) is 1. The van der Waals surface area contributed by atoms with E-state index in [1.54, 1.807) is 71.7 Å². The monoisotopic (exact) mass is 654 g/mol. The van der Waals surface area contributed by atoms with Gasteiger partial charge < -0.3 is 20.5 Å². The summed E-state index contributed by atoms with van der Waals surface area (Å²) in [7, 11) is 0. The van der Waals surface area contributed by atoms with Crippen molar-refractivity contribution in [3.8, 4) is 22.3 Å². The molecule has 3 N–H and O–H groups in total. The molecule has 12 heteroatoms. The number of Topliss-reactive ketones (excluding diaryl/α,β-unsaturated/α-hetero) is 1. The standard InChI is InChI=1S/C35H29ClF2N6O3/c1-19(39)34-40-14-22(15-41-34)21-10-11-30-26(12-21)27(20(2)45)17-43(30)18-32(46)44-16-23(37)13-31(44)35(47)42-29-9-5-7-25(33(29)38)24-6-3-4-8-28(24)36/h3-12,14-15,17,23,31H,1,13,16,18,39H2,2H3,(H,42,47)/t23-,31+/m1/s1. The maximum Gasteiger partial charge on any atom is 0.247 e. The topological polar surface area (TPSA) is 123 Å². The molecule has 0 radical (unpaired) electrons. The van der Waals surface area contributed by atoms with Crippen molar-refractivity contribution >= 4 is 51.5 Å². The van der Waals surface area contributed by atoms with Gasteiger partial charge in [0, 0.05) is 63.2 Å². The van der Waals surface area contributed by atoms with Crippen LogP contribution in [-0.4, -0.2) is 55.8 Å². The highest BCUT2D eigenvalue weighted by Gasteiger charge is 2.40. The minimum atomic E-state index is -1.45. The summed E-state index contributed by atoms with van der Waals surface area (Å²) >= 11 is 6.26. The first kappa shape index (κ1) is 31.6. The molecule has 0 bridgehead atoms. The van der Waals surface area contributed by atoms with Gasteiger partial charge in [-0.2, -0.15) is 0 Å². The summed E-state index contributed by atoms with van der Waals surface area (Å²) in [6, 6.07) is 15.4. The van der Waals surface area contributed by atoms with E-state index in [0.717, 1.165) is 10.5 Å². The molecule has 1 aliphatic heterocycles. The minimum absolute atomic E-state index is 0.117. The van der Waals surface area contributed by atoms with Crippen LogP contribution in [0.4, 0.5) is 14.5 Å². The summed E-state index contributed by atoms with van der Waals surface area (Å²) in [5.74, 6) is -1.86. The van der Waals surface area contributed by atoms with Gasteiger partial charge in [0.05, 0.1) is 17.9 Å². The first-order valence-corrected chi connectivity index (χ1v) is 15.1. The number of carbonyl (C=O) groups excluding carboxylic acids is 3. The number of alkyl halides is 1. The molecular formula is C35H29ClF2N6O3. The van der Waals surface area contributed by atoms with E-state index in [0.29, 0.717) is 38.4 Å². The smallest absolute Gasteiger partial charge is 0.247 e. The summed E-state index contributed by atoms with van der Waals surface area (Å²) in [6.07, 6.45) is 3.08. The number of halogens is 3. The Kier molecular flexibility index (Phi) is 8.57. The van der Waals surface area contributed by atoms with Crippen molar-refractivity contribution in [3.05, 3.63) is 108 Å². The largest absolute Gasteiger partial charge is 0.396 e. The van der Waals surface area contributed by atoms with Gasteiger partial charge in [-0.15, -0.1) is 0 Å². The molecule has 1 fully saturated rings. The molecule has 47 heavy (non-hydrogen) atoms. The predicted molar refractivity (Wildman–Crippen MR) is 177 cm³/mol. The number of amides is 2. The van der Waals surface area contributed by atoms with Crippen molar-refractivity contribution in [3.63, 3.8) is 0 Å². The molecule has 2 amide bonds. The zero-order chi connectivity index (χ0) is 33.4. The summed E-state index contributed by atoms with van der Waals surface area (Å²) in [5.41, 5.74) is 8.82. The number of hydrogen-bond donors (Lipinski definition) is 2. The number of anilines is 1. The van der Waals surface area contributed by atoms with Crippen LogP contribution in [0.2, 0.25) is 5.02 Å². The molecule has 3 aromatic carbocycles. The third-order valence-corrected chi connectivity index (χ3v) is 8.46. The number of carbonyl (C=O) groups is 3. The normalized spacial score (nSPS) is 16.0. The second-order valence-corrected chi connectivity index (χ2v) is 11.7. The molecule has 1 saturated heterocycles. The fraction of sp³-hybridized carbons (Fsp3) is 0.171. The molecule has 0 spiro atoms. The van der Waals surface area contributed by atoms with Crippen molar-refractivity contribution in [2.45, 2.75) is 32.1 Å². The van der Waals surface area contributed by atoms with Crippen LogP contribution in [0.15, 0.2) is 85.8 Å². The number of benzene rings is 3. The molecule has 0 saturated carbocycles. The van der Waals surface area contributed by atoms with Crippen molar-refractivity contribution in [2.75, 3.05) is 11.9 Å². The van der Waals surface area contributed by atoms with Crippen LogP contribution in [0.1, 0.15) is 29.5 Å². The first-order valence-electron chi connectivity index (χ1n) is 14.7. The lowest BCUT2D eigenvalue weighted by Crippen LogP contribution is -2.44. The molecule has 1 aliphatic rings. The van der Waals surface area contributed by atoms with Gasteiger partial charge >= 0.3 is 0 Å². The van der Waals surface area contributed by atoms with E-state index in [-0.39, 0.29) is 42.2 Å². The van der Waals surface area contributed by atoms with Crippen LogP contribution in [0, 0.1) is 5.82 Å². The summed E-state index contributed by atoms with van der Waals surface area (Å²) < 4.78 is 31.9. The van der Waals surface area contributed by atoms with Crippen molar-refractivity contribution in [2.24, 2.45) is 5.73 Å². The Morgan fingerprint density at radius 3 is 2.47 bits per heavy atom. The second kappa shape index (κ2) is 12.8. The maximum absolute atomic E-state index is 15.5. The van der Waals surface area contributed by atoms with Crippen molar-refractivity contribution in [1.82, 2.24) is 19.4 Å². The first-order chi connectivity index (χ1) is 22.5. The number of hydrogen-bond acceptors (Lipinski definition) is 6. The maximum atomic E-state index is 15.5. The van der Waals surface area contributed by atoms with Gasteiger partial charge in [0.2, 0.25) is 11.8 Å². The van der Waals surface area contributed by atoms with Crippen LogP contribution in [0.5, 0.6) is 0 Å². The molecule has 3 heterocycles. The predicted octanol–water partition coefficient (Wildman–Crippen LogP) is 6.27. The molecule has 6 rings (SSSR count). The molecule has 0 unspecified atom stereocenters. The van der Waals surface area contributed by atoms with Gasteiger partial charge in [-0.05, 0) is 36.8 Å². The average molecular weight is 655 g/mol. The summed E-state index contributed by atoms with van der Waals surface area (Å²) in [5, 5.41) is 3.48. The average Bonchev–Trinajstić information content (AvgIpc) is 3.63. The van der Waals surface area contributed by atoms with Crippen molar-refractivity contribution in [1.29, 1.82) is 0 Å². The Labute approximate surface area is 273 Å². The number of nitrogens with zero attached hydrogens (tertiary/aromatic N) is 4. The minimum Gasteiger partial charge on any atom is -0.396 e. The third kappa shape index (κ3) is 6.22. The zero-order valence-corrected chi connectivity index (χ0v) is 26.0. The van der Waals surface area contributed by atoms with E-state index in [4.69, 9.17) is 17.3 Å². The Morgan fingerprint density at radius 1 is 1.04 bits per heavy atom. The summed E-state index contributed by atoms with van der Waals surface area (Å²) in [6.45, 7) is 4.50. The van der Waals surface area contributed by atoms with Crippen LogP contribution >= 0.6 is 11.6 Å². The quantitative estimate of drug-likeness (QED) is 0.190. The number of fused-ring (bicyclic) bond motifs is 1. The Bertz CT molecular complexity index is 2060. The van der Waals surface area contributed by atoms with Gasteiger partial charge in [0.25, 0.3) is 0 Å².